The quantitative estimate of drug-likeness (QED) is 0.155. The lowest BCUT2D eigenvalue weighted by Crippen LogP contribution is -2.28. The number of rotatable bonds is 7. The second-order valence-electron chi connectivity index (χ2n) is 16.4. The maximum absolute atomic E-state index is 2.48. The molecule has 12 rings (SSSR count). The summed E-state index contributed by atoms with van der Waals surface area (Å²) in [6.07, 6.45) is 0. The Morgan fingerprint density at radius 2 is 0.968 bits per heavy atom. The molecule has 11 aromatic rings. The van der Waals surface area contributed by atoms with Crippen molar-refractivity contribution in [3.8, 4) is 33.4 Å². The Labute approximate surface area is 366 Å². The summed E-state index contributed by atoms with van der Waals surface area (Å²) in [5.74, 6) is 0. The van der Waals surface area contributed by atoms with E-state index in [0.29, 0.717) is 0 Å². The van der Waals surface area contributed by atoms with E-state index in [1.807, 2.05) is 11.3 Å². The average molecular weight is 808 g/mol. The molecule has 0 unspecified atom stereocenters. The number of anilines is 3. The Hall–Kier alpha value is -7.52. The highest BCUT2D eigenvalue weighted by atomic mass is 32.1. The Morgan fingerprint density at radius 3 is 1.73 bits per heavy atom. The van der Waals surface area contributed by atoms with E-state index in [-0.39, 0.29) is 0 Å². The number of benzene rings is 10. The molecule has 0 bridgehead atoms. The van der Waals surface area contributed by atoms with Crippen molar-refractivity contribution in [2.24, 2.45) is 0 Å². The fraction of sp³-hybridized carbons (Fsp3) is 0.0333. The summed E-state index contributed by atoms with van der Waals surface area (Å²) in [7, 11) is 0. The van der Waals surface area contributed by atoms with Crippen LogP contribution in [0.4, 0.5) is 17.1 Å². The van der Waals surface area contributed by atoms with Crippen molar-refractivity contribution < 1.29 is 0 Å². The van der Waals surface area contributed by atoms with Gasteiger partial charge in [-0.1, -0.05) is 182 Å². The van der Waals surface area contributed by atoms with Gasteiger partial charge in [0.15, 0.2) is 0 Å². The van der Waals surface area contributed by atoms with Crippen LogP contribution in [0.3, 0.4) is 0 Å². The molecule has 62 heavy (non-hydrogen) atoms. The largest absolute Gasteiger partial charge is 0.310 e. The fourth-order valence-corrected chi connectivity index (χ4v) is 11.5. The monoisotopic (exact) mass is 807 g/mol. The molecule has 1 aliphatic rings. The second kappa shape index (κ2) is 14.6. The Kier molecular flexibility index (Phi) is 8.55. The summed E-state index contributed by atoms with van der Waals surface area (Å²) in [6, 6.07) is 85.4. The molecule has 1 aromatic heterocycles. The maximum Gasteiger partial charge on any atom is 0.0714 e. The number of hydrogen-bond acceptors (Lipinski definition) is 2. The first-order chi connectivity index (χ1) is 30.7. The highest BCUT2D eigenvalue weighted by molar-refractivity contribution is 7.25. The van der Waals surface area contributed by atoms with E-state index in [0.717, 1.165) is 17.1 Å². The third-order valence-corrected chi connectivity index (χ3v) is 14.2. The lowest BCUT2D eigenvalue weighted by molar-refractivity contribution is 0.768. The second-order valence-corrected chi connectivity index (χ2v) is 17.5. The van der Waals surface area contributed by atoms with Crippen LogP contribution in [0.25, 0.3) is 64.3 Å². The first-order valence-electron chi connectivity index (χ1n) is 21.4. The maximum atomic E-state index is 2.48. The van der Waals surface area contributed by atoms with Gasteiger partial charge in [0, 0.05) is 37.2 Å². The van der Waals surface area contributed by atoms with Gasteiger partial charge in [0.2, 0.25) is 0 Å². The summed E-state index contributed by atoms with van der Waals surface area (Å²) >= 11 is 1.86. The van der Waals surface area contributed by atoms with Gasteiger partial charge < -0.3 is 4.90 Å². The molecule has 1 nitrogen and oxygen atoms in total. The van der Waals surface area contributed by atoms with Crippen molar-refractivity contribution in [3.05, 3.63) is 258 Å². The molecule has 0 N–H and O–H groups in total. The minimum atomic E-state index is -0.512. The minimum absolute atomic E-state index is 0.512. The van der Waals surface area contributed by atoms with Gasteiger partial charge >= 0.3 is 0 Å². The molecule has 1 heterocycles. The molecule has 0 fully saturated rings. The zero-order chi connectivity index (χ0) is 41.2. The molecular formula is C60H41NS. The Morgan fingerprint density at radius 1 is 0.371 bits per heavy atom. The van der Waals surface area contributed by atoms with Gasteiger partial charge in [-0.05, 0) is 127 Å². The van der Waals surface area contributed by atoms with Crippen LogP contribution in [0.1, 0.15) is 27.8 Å². The highest BCUT2D eigenvalue weighted by Crippen LogP contribution is 2.58. The third kappa shape index (κ3) is 5.61. The van der Waals surface area contributed by atoms with Gasteiger partial charge in [-0.25, -0.2) is 0 Å². The average Bonchev–Trinajstić information content (AvgIpc) is 3.86. The van der Waals surface area contributed by atoms with Crippen LogP contribution in [0.5, 0.6) is 0 Å². The zero-order valence-corrected chi connectivity index (χ0v) is 35.1. The van der Waals surface area contributed by atoms with Crippen LogP contribution >= 0.6 is 11.3 Å². The van der Waals surface area contributed by atoms with Crippen molar-refractivity contribution in [3.63, 3.8) is 0 Å². The number of thiophene rings is 1. The van der Waals surface area contributed by atoms with E-state index in [1.54, 1.807) is 0 Å². The molecule has 0 atom stereocenters. The predicted molar refractivity (Wildman–Crippen MR) is 264 cm³/mol. The van der Waals surface area contributed by atoms with E-state index in [2.05, 4.69) is 242 Å². The van der Waals surface area contributed by atoms with E-state index < -0.39 is 5.41 Å². The van der Waals surface area contributed by atoms with Gasteiger partial charge in [0.05, 0.1) is 5.41 Å². The van der Waals surface area contributed by atoms with Crippen molar-refractivity contribution in [2.45, 2.75) is 12.3 Å². The number of aryl methyl sites for hydroxylation is 1. The summed E-state index contributed by atoms with van der Waals surface area (Å²) < 4.78 is 2.60. The Balaban J connectivity index is 1.09. The molecule has 2 heteroatoms. The van der Waals surface area contributed by atoms with Gasteiger partial charge in [-0.15, -0.1) is 11.3 Å². The summed E-state index contributed by atoms with van der Waals surface area (Å²) in [4.78, 5) is 2.46. The van der Waals surface area contributed by atoms with Gasteiger partial charge in [0.25, 0.3) is 0 Å². The number of nitrogens with zero attached hydrogens (tertiary/aromatic N) is 1. The van der Waals surface area contributed by atoms with Crippen LogP contribution in [0.15, 0.2) is 231 Å². The van der Waals surface area contributed by atoms with Crippen LogP contribution in [-0.4, -0.2) is 0 Å². The molecular weight excluding hydrogens is 767 g/mol. The van der Waals surface area contributed by atoms with Crippen LogP contribution in [0.2, 0.25) is 0 Å². The van der Waals surface area contributed by atoms with E-state index >= 15 is 0 Å². The molecule has 10 aromatic carbocycles. The number of hydrogen-bond donors (Lipinski definition) is 0. The predicted octanol–water partition coefficient (Wildman–Crippen LogP) is 16.7. The molecule has 0 saturated carbocycles. The molecule has 292 valence electrons. The number of fused-ring (bicyclic) bond motifs is 7. The van der Waals surface area contributed by atoms with Crippen molar-refractivity contribution in [2.75, 3.05) is 4.90 Å². The molecule has 0 radical (unpaired) electrons. The van der Waals surface area contributed by atoms with Crippen LogP contribution < -0.4 is 4.90 Å². The SMILES string of the molecule is Cc1cccc2c1-c1ccc(N(c3ccc(-c4ccc5ccccc5c4-c4ccccc4)cc3)c3ccc4sc5ccccc5c4c3)cc1C2(c1ccccc1)c1ccccc1. The lowest BCUT2D eigenvalue weighted by atomic mass is 9.67. The lowest BCUT2D eigenvalue weighted by Gasteiger charge is -2.35. The molecule has 0 amide bonds. The first-order valence-corrected chi connectivity index (χ1v) is 22.2. The molecule has 0 aliphatic heterocycles. The van der Waals surface area contributed by atoms with E-state index in [1.165, 1.54) is 92.1 Å². The van der Waals surface area contributed by atoms with Crippen LogP contribution in [0, 0.1) is 6.92 Å². The van der Waals surface area contributed by atoms with Gasteiger partial charge in [-0.2, -0.15) is 0 Å². The minimum Gasteiger partial charge on any atom is -0.310 e. The summed E-state index contributed by atoms with van der Waals surface area (Å²) in [5, 5.41) is 5.07. The van der Waals surface area contributed by atoms with Gasteiger partial charge in [0.1, 0.15) is 0 Å². The topological polar surface area (TPSA) is 3.24 Å². The third-order valence-electron chi connectivity index (χ3n) is 13.1. The first kappa shape index (κ1) is 36.3. The van der Waals surface area contributed by atoms with Crippen molar-refractivity contribution in [1.82, 2.24) is 0 Å². The standard InChI is InChI=1S/C60H41NS/c1-40-16-15-26-54-58(40)52-36-33-48(39-55(52)60(54,44-20-7-3-8-21-44)45-22-9-4-10-23-45)61(47-34-37-57-53(38-47)51-25-13-14-27-56(51)62-57)46-31-28-42(29-32-46)50-35-30-41-17-11-12-24-49(41)59(50)43-18-5-2-6-19-43/h2-39H,1H3. The van der Waals surface area contributed by atoms with Crippen LogP contribution in [-0.2, 0) is 5.41 Å². The normalized spacial score (nSPS) is 12.7. The van der Waals surface area contributed by atoms with Crippen molar-refractivity contribution in [1.29, 1.82) is 0 Å². The smallest absolute Gasteiger partial charge is 0.0714 e. The molecule has 0 saturated heterocycles. The molecule has 0 spiro atoms. The zero-order valence-electron chi connectivity index (χ0n) is 34.3. The van der Waals surface area contributed by atoms with Crippen molar-refractivity contribution >= 4 is 59.3 Å². The summed E-state index contributed by atoms with van der Waals surface area (Å²) in [5.41, 5.74) is 16.8. The Bertz CT molecular complexity index is 3420. The van der Waals surface area contributed by atoms with E-state index in [9.17, 15) is 0 Å². The molecule has 1 aliphatic carbocycles. The van der Waals surface area contributed by atoms with E-state index in [4.69, 9.17) is 0 Å². The van der Waals surface area contributed by atoms with Gasteiger partial charge in [-0.3, -0.25) is 0 Å². The fourth-order valence-electron chi connectivity index (χ4n) is 10.4. The summed E-state index contributed by atoms with van der Waals surface area (Å²) in [6.45, 7) is 2.26. The highest BCUT2D eigenvalue weighted by Gasteiger charge is 2.46.